The second-order valence-corrected chi connectivity index (χ2v) is 5.33. The predicted molar refractivity (Wildman–Crippen MR) is 69.2 cm³/mol. The molecule has 0 fully saturated rings. The van der Waals surface area contributed by atoms with Gasteiger partial charge in [-0.15, -0.1) is 11.3 Å². The summed E-state index contributed by atoms with van der Waals surface area (Å²) in [5.74, 6) is 0. The van der Waals surface area contributed by atoms with E-state index in [-0.39, 0.29) is 12.1 Å². The Morgan fingerprint density at radius 2 is 2.12 bits per heavy atom. The number of carbonyl (C=O) groups is 1. The Bertz CT molecular complexity index is 358. The van der Waals surface area contributed by atoms with Crippen molar-refractivity contribution in [2.24, 2.45) is 0 Å². The smallest absolute Gasteiger partial charge is 0.314 e. The first-order valence-corrected chi connectivity index (χ1v) is 6.46. The molecule has 2 amide bonds. The lowest BCUT2D eigenvalue weighted by atomic mass is 10.1. The SMILES string of the molecule is Cc1scc(CCNC(=O)NC(C)C)c1C. The molecule has 3 nitrogen and oxygen atoms in total. The standard InChI is InChI=1S/C12H20N2OS/c1-8(2)14-12(15)13-6-5-11-7-16-10(4)9(11)3/h7-8H,5-6H2,1-4H3,(H2,13,14,15). The lowest BCUT2D eigenvalue weighted by Crippen LogP contribution is -2.40. The summed E-state index contributed by atoms with van der Waals surface area (Å²) >= 11 is 1.77. The van der Waals surface area contributed by atoms with Gasteiger partial charge in [0.05, 0.1) is 0 Å². The van der Waals surface area contributed by atoms with Gasteiger partial charge in [-0.1, -0.05) is 0 Å². The largest absolute Gasteiger partial charge is 0.338 e. The Morgan fingerprint density at radius 1 is 1.44 bits per heavy atom. The Labute approximate surface area is 101 Å². The van der Waals surface area contributed by atoms with E-state index in [0.717, 1.165) is 6.42 Å². The Hall–Kier alpha value is -1.03. The van der Waals surface area contributed by atoms with Crippen molar-refractivity contribution in [3.05, 3.63) is 21.4 Å². The molecule has 0 unspecified atom stereocenters. The quantitative estimate of drug-likeness (QED) is 0.834. The molecule has 2 N–H and O–H groups in total. The molecule has 0 saturated heterocycles. The number of amides is 2. The molecule has 1 aromatic rings. The van der Waals surface area contributed by atoms with Crippen molar-refractivity contribution in [1.29, 1.82) is 0 Å². The molecule has 0 aliphatic heterocycles. The summed E-state index contributed by atoms with van der Waals surface area (Å²) < 4.78 is 0. The number of hydrogen-bond donors (Lipinski definition) is 2. The Morgan fingerprint density at radius 3 is 2.62 bits per heavy atom. The summed E-state index contributed by atoms with van der Waals surface area (Å²) in [5.41, 5.74) is 2.70. The van der Waals surface area contributed by atoms with Gasteiger partial charge in [0.15, 0.2) is 0 Å². The summed E-state index contributed by atoms with van der Waals surface area (Å²) in [4.78, 5) is 12.7. The van der Waals surface area contributed by atoms with Crippen LogP contribution in [0.1, 0.15) is 29.9 Å². The monoisotopic (exact) mass is 240 g/mol. The van der Waals surface area contributed by atoms with Gasteiger partial charge in [-0.2, -0.15) is 0 Å². The molecule has 0 bridgehead atoms. The van der Waals surface area contributed by atoms with E-state index < -0.39 is 0 Å². The minimum Gasteiger partial charge on any atom is -0.338 e. The number of rotatable bonds is 4. The van der Waals surface area contributed by atoms with Crippen molar-refractivity contribution in [2.45, 2.75) is 40.2 Å². The summed E-state index contributed by atoms with van der Waals surface area (Å²) in [5, 5.41) is 7.83. The van der Waals surface area contributed by atoms with Crippen LogP contribution in [0.4, 0.5) is 4.79 Å². The average Bonchev–Trinajstić information content (AvgIpc) is 2.48. The van der Waals surface area contributed by atoms with E-state index >= 15 is 0 Å². The van der Waals surface area contributed by atoms with Crippen LogP contribution in [-0.2, 0) is 6.42 Å². The van der Waals surface area contributed by atoms with E-state index in [1.807, 2.05) is 13.8 Å². The summed E-state index contributed by atoms with van der Waals surface area (Å²) in [6.07, 6.45) is 0.904. The van der Waals surface area contributed by atoms with E-state index in [2.05, 4.69) is 29.9 Å². The lowest BCUT2D eigenvalue weighted by molar-refractivity contribution is 0.238. The van der Waals surface area contributed by atoms with Crippen molar-refractivity contribution >= 4 is 17.4 Å². The van der Waals surface area contributed by atoms with Crippen molar-refractivity contribution in [3.63, 3.8) is 0 Å². The molecule has 0 aliphatic carbocycles. The van der Waals surface area contributed by atoms with Crippen LogP contribution in [0.2, 0.25) is 0 Å². The fourth-order valence-corrected chi connectivity index (χ4v) is 2.35. The maximum atomic E-state index is 11.3. The molecule has 1 heterocycles. The Kier molecular flexibility index (Phi) is 4.80. The number of thiophene rings is 1. The number of aryl methyl sites for hydroxylation is 1. The third-order valence-electron chi connectivity index (χ3n) is 2.49. The Balaban J connectivity index is 2.31. The summed E-state index contributed by atoms with van der Waals surface area (Å²) in [6.45, 7) is 8.85. The van der Waals surface area contributed by atoms with Gasteiger partial charge in [-0.05, 0) is 50.6 Å². The van der Waals surface area contributed by atoms with Crippen molar-refractivity contribution in [1.82, 2.24) is 10.6 Å². The molecule has 16 heavy (non-hydrogen) atoms. The van der Waals surface area contributed by atoms with Crippen molar-refractivity contribution < 1.29 is 4.79 Å². The predicted octanol–water partition coefficient (Wildman–Crippen LogP) is 2.62. The second kappa shape index (κ2) is 5.89. The number of hydrogen-bond acceptors (Lipinski definition) is 2. The molecule has 0 spiro atoms. The molecular weight excluding hydrogens is 220 g/mol. The van der Waals surface area contributed by atoms with E-state index in [4.69, 9.17) is 0 Å². The fraction of sp³-hybridized carbons (Fsp3) is 0.583. The molecular formula is C12H20N2OS. The van der Waals surface area contributed by atoms with E-state index in [1.54, 1.807) is 11.3 Å². The molecule has 0 aliphatic rings. The van der Waals surface area contributed by atoms with E-state index in [9.17, 15) is 4.79 Å². The zero-order chi connectivity index (χ0) is 12.1. The molecule has 0 atom stereocenters. The van der Waals surface area contributed by atoms with Crippen molar-refractivity contribution in [2.75, 3.05) is 6.54 Å². The third-order valence-corrected chi connectivity index (χ3v) is 3.55. The molecule has 1 rings (SSSR count). The maximum Gasteiger partial charge on any atom is 0.314 e. The van der Waals surface area contributed by atoms with Gasteiger partial charge in [0.2, 0.25) is 0 Å². The number of carbonyl (C=O) groups excluding carboxylic acids is 1. The molecule has 1 aromatic heterocycles. The van der Waals surface area contributed by atoms with Gasteiger partial charge in [0.25, 0.3) is 0 Å². The van der Waals surface area contributed by atoms with Crippen molar-refractivity contribution in [3.8, 4) is 0 Å². The van der Waals surface area contributed by atoms with Crippen LogP contribution >= 0.6 is 11.3 Å². The third kappa shape index (κ3) is 3.85. The van der Waals surface area contributed by atoms with Gasteiger partial charge in [0, 0.05) is 17.5 Å². The minimum absolute atomic E-state index is 0.0837. The van der Waals surface area contributed by atoms with Crippen LogP contribution in [0.5, 0.6) is 0 Å². The van der Waals surface area contributed by atoms with Gasteiger partial charge in [-0.3, -0.25) is 0 Å². The maximum absolute atomic E-state index is 11.3. The van der Waals surface area contributed by atoms with Gasteiger partial charge < -0.3 is 10.6 Å². The highest BCUT2D eigenvalue weighted by Gasteiger charge is 2.05. The first-order chi connectivity index (χ1) is 7.50. The number of nitrogens with one attached hydrogen (secondary N) is 2. The van der Waals surface area contributed by atoms with Crippen LogP contribution in [0.15, 0.2) is 5.38 Å². The number of urea groups is 1. The van der Waals surface area contributed by atoms with Gasteiger partial charge in [-0.25, -0.2) is 4.79 Å². The van der Waals surface area contributed by atoms with Gasteiger partial charge in [0.1, 0.15) is 0 Å². The first-order valence-electron chi connectivity index (χ1n) is 5.58. The van der Waals surface area contributed by atoms with Crippen LogP contribution in [0.3, 0.4) is 0 Å². The van der Waals surface area contributed by atoms with Gasteiger partial charge >= 0.3 is 6.03 Å². The van der Waals surface area contributed by atoms with Crippen LogP contribution < -0.4 is 10.6 Å². The average molecular weight is 240 g/mol. The zero-order valence-electron chi connectivity index (χ0n) is 10.4. The van der Waals surface area contributed by atoms with E-state index in [1.165, 1.54) is 16.0 Å². The normalized spacial score (nSPS) is 10.6. The molecule has 0 radical (unpaired) electrons. The molecule has 0 aromatic carbocycles. The molecule has 4 heteroatoms. The molecule has 0 saturated carbocycles. The topological polar surface area (TPSA) is 41.1 Å². The molecule has 90 valence electrons. The minimum atomic E-state index is -0.0837. The van der Waals surface area contributed by atoms with Crippen LogP contribution in [0.25, 0.3) is 0 Å². The van der Waals surface area contributed by atoms with Crippen LogP contribution in [0, 0.1) is 13.8 Å². The first kappa shape index (κ1) is 13.0. The zero-order valence-corrected chi connectivity index (χ0v) is 11.2. The van der Waals surface area contributed by atoms with E-state index in [0.29, 0.717) is 6.54 Å². The fourth-order valence-electron chi connectivity index (χ4n) is 1.43. The summed E-state index contributed by atoms with van der Waals surface area (Å²) in [7, 11) is 0. The second-order valence-electron chi connectivity index (χ2n) is 4.25. The lowest BCUT2D eigenvalue weighted by Gasteiger charge is -2.09. The highest BCUT2D eigenvalue weighted by atomic mass is 32.1. The van der Waals surface area contributed by atoms with Crippen LogP contribution in [-0.4, -0.2) is 18.6 Å². The highest BCUT2D eigenvalue weighted by molar-refractivity contribution is 7.10. The highest BCUT2D eigenvalue weighted by Crippen LogP contribution is 2.20. The summed E-state index contributed by atoms with van der Waals surface area (Å²) in [6, 6.07) is 0.102.